The molecule has 2 heterocycles. The van der Waals surface area contributed by atoms with Gasteiger partial charge in [-0.15, -0.1) is 23.7 Å². The fourth-order valence-corrected chi connectivity index (χ4v) is 5.01. The summed E-state index contributed by atoms with van der Waals surface area (Å²) in [6.07, 6.45) is 2.24. The van der Waals surface area contributed by atoms with E-state index in [2.05, 4.69) is 34.9 Å². The van der Waals surface area contributed by atoms with Crippen LogP contribution >= 0.6 is 23.7 Å². The number of anilines is 1. The number of sulfonamides is 1. The third-order valence-corrected chi connectivity index (χ3v) is 6.12. The molecule has 144 valence electrons. The van der Waals surface area contributed by atoms with E-state index >= 15 is 0 Å². The van der Waals surface area contributed by atoms with Gasteiger partial charge in [-0.3, -0.25) is 9.62 Å². The predicted molar refractivity (Wildman–Crippen MR) is 110 cm³/mol. The van der Waals surface area contributed by atoms with Crippen LogP contribution in [0.3, 0.4) is 0 Å². The van der Waals surface area contributed by atoms with Gasteiger partial charge in [0.25, 0.3) is 0 Å². The monoisotopic (exact) mass is 416 g/mol. The fourth-order valence-electron chi connectivity index (χ4n) is 3.35. The fraction of sp³-hybridized carbons (Fsp3) is 0.444. The summed E-state index contributed by atoms with van der Waals surface area (Å²) in [7, 11) is -3.25. The van der Waals surface area contributed by atoms with Crippen LogP contribution in [0.5, 0.6) is 5.75 Å². The van der Waals surface area contributed by atoms with Crippen molar-refractivity contribution in [1.82, 2.24) is 4.90 Å². The highest BCUT2D eigenvalue weighted by Crippen LogP contribution is 2.35. The van der Waals surface area contributed by atoms with E-state index in [0.717, 1.165) is 25.0 Å². The lowest BCUT2D eigenvalue weighted by Crippen LogP contribution is -2.42. The van der Waals surface area contributed by atoms with Crippen molar-refractivity contribution in [3.63, 3.8) is 0 Å². The quantitative estimate of drug-likeness (QED) is 0.775. The molecule has 1 aliphatic rings. The molecular formula is C18H25ClN2O3S2. The van der Waals surface area contributed by atoms with E-state index in [1.807, 2.05) is 11.3 Å². The number of thiophene rings is 1. The molecule has 2 aromatic rings. The highest BCUT2D eigenvalue weighted by molar-refractivity contribution is 7.92. The first-order chi connectivity index (χ1) is 11.8. The molecule has 8 heteroatoms. The number of ether oxygens (including phenoxy) is 1. The Morgan fingerprint density at radius 1 is 1.23 bits per heavy atom. The van der Waals surface area contributed by atoms with Crippen LogP contribution < -0.4 is 9.46 Å². The molecule has 1 aromatic heterocycles. The first kappa shape index (κ1) is 21.0. The molecule has 0 radical (unpaired) electrons. The van der Waals surface area contributed by atoms with Crippen LogP contribution in [0.1, 0.15) is 30.3 Å². The van der Waals surface area contributed by atoms with Crippen molar-refractivity contribution in [2.75, 3.05) is 24.1 Å². The van der Waals surface area contributed by atoms with Gasteiger partial charge in [0.2, 0.25) is 10.0 Å². The van der Waals surface area contributed by atoms with Crippen LogP contribution in [0.2, 0.25) is 0 Å². The van der Waals surface area contributed by atoms with Crippen molar-refractivity contribution < 1.29 is 13.2 Å². The highest BCUT2D eigenvalue weighted by atomic mass is 35.5. The second kappa shape index (κ2) is 8.61. The van der Waals surface area contributed by atoms with E-state index < -0.39 is 10.0 Å². The summed E-state index contributed by atoms with van der Waals surface area (Å²) in [6.45, 7) is 5.99. The molecule has 0 amide bonds. The lowest BCUT2D eigenvalue weighted by Gasteiger charge is -2.38. The molecule has 2 unspecified atom stereocenters. The summed E-state index contributed by atoms with van der Waals surface area (Å²) in [5.41, 5.74) is 1.98. The Balaban J connectivity index is 0.00000243. The SMILES string of the molecule is CC1Cc2sccc2C(C)N1CCOc1ccc(NS(C)(=O)=O)cc1.Cl. The van der Waals surface area contributed by atoms with Crippen LogP contribution in [0.25, 0.3) is 0 Å². The summed E-state index contributed by atoms with van der Waals surface area (Å²) in [4.78, 5) is 3.99. The molecular weight excluding hydrogens is 392 g/mol. The first-order valence-electron chi connectivity index (χ1n) is 8.36. The minimum absolute atomic E-state index is 0. The molecule has 5 nitrogen and oxygen atoms in total. The Bertz CT molecular complexity index is 821. The molecule has 0 aliphatic carbocycles. The molecule has 1 aromatic carbocycles. The smallest absolute Gasteiger partial charge is 0.229 e. The molecule has 26 heavy (non-hydrogen) atoms. The lowest BCUT2D eigenvalue weighted by molar-refractivity contribution is 0.114. The average Bonchev–Trinajstić information content (AvgIpc) is 2.99. The third-order valence-electron chi connectivity index (χ3n) is 4.55. The van der Waals surface area contributed by atoms with Crippen LogP contribution in [-0.2, 0) is 16.4 Å². The summed E-state index contributed by atoms with van der Waals surface area (Å²) < 4.78 is 30.7. The van der Waals surface area contributed by atoms with E-state index in [9.17, 15) is 8.42 Å². The normalized spacial score (nSPS) is 20.1. The zero-order valence-electron chi connectivity index (χ0n) is 15.1. The van der Waals surface area contributed by atoms with Gasteiger partial charge >= 0.3 is 0 Å². The zero-order chi connectivity index (χ0) is 18.0. The van der Waals surface area contributed by atoms with E-state index in [4.69, 9.17) is 4.74 Å². The van der Waals surface area contributed by atoms with E-state index in [1.165, 1.54) is 10.4 Å². The van der Waals surface area contributed by atoms with Crippen LogP contribution in [0, 0.1) is 0 Å². The second-order valence-electron chi connectivity index (χ2n) is 6.51. The van der Waals surface area contributed by atoms with Crippen LogP contribution in [-0.4, -0.2) is 38.8 Å². The maximum absolute atomic E-state index is 11.2. The predicted octanol–water partition coefficient (Wildman–Crippen LogP) is 3.93. The maximum Gasteiger partial charge on any atom is 0.229 e. The number of benzene rings is 1. The zero-order valence-corrected chi connectivity index (χ0v) is 17.6. The summed E-state index contributed by atoms with van der Waals surface area (Å²) in [5.74, 6) is 0.743. The van der Waals surface area contributed by atoms with Gasteiger partial charge < -0.3 is 4.74 Å². The number of rotatable bonds is 6. The third kappa shape index (κ3) is 5.13. The number of nitrogens with zero attached hydrogens (tertiary/aromatic N) is 1. The number of halogens is 1. The number of fused-ring (bicyclic) bond motifs is 1. The Labute approximate surface area is 165 Å². The van der Waals surface area contributed by atoms with Crippen molar-refractivity contribution in [2.24, 2.45) is 0 Å². The van der Waals surface area contributed by atoms with E-state index in [-0.39, 0.29) is 12.4 Å². The van der Waals surface area contributed by atoms with Crippen molar-refractivity contribution in [3.8, 4) is 5.75 Å². The van der Waals surface area contributed by atoms with Crippen molar-refractivity contribution in [1.29, 1.82) is 0 Å². The summed E-state index contributed by atoms with van der Waals surface area (Å²) >= 11 is 1.85. The van der Waals surface area contributed by atoms with Crippen LogP contribution in [0.15, 0.2) is 35.7 Å². The minimum Gasteiger partial charge on any atom is -0.492 e. The Kier molecular flexibility index (Phi) is 6.96. The Hall–Kier alpha value is -1.28. The minimum atomic E-state index is -3.25. The molecule has 3 rings (SSSR count). The van der Waals surface area contributed by atoms with Crippen LogP contribution in [0.4, 0.5) is 5.69 Å². The molecule has 1 aliphatic heterocycles. The van der Waals surface area contributed by atoms with Gasteiger partial charge in [-0.25, -0.2) is 8.42 Å². The van der Waals surface area contributed by atoms with E-state index in [0.29, 0.717) is 24.4 Å². The van der Waals surface area contributed by atoms with Gasteiger partial charge in [0.05, 0.1) is 6.26 Å². The molecule has 0 spiro atoms. The highest BCUT2D eigenvalue weighted by Gasteiger charge is 2.29. The molecule has 0 saturated carbocycles. The molecule has 0 bridgehead atoms. The maximum atomic E-state index is 11.2. The lowest BCUT2D eigenvalue weighted by atomic mass is 9.96. The van der Waals surface area contributed by atoms with Crippen molar-refractivity contribution in [2.45, 2.75) is 32.4 Å². The summed E-state index contributed by atoms with van der Waals surface area (Å²) in [5, 5.41) is 2.18. The molecule has 2 atom stereocenters. The first-order valence-corrected chi connectivity index (χ1v) is 11.1. The average molecular weight is 417 g/mol. The number of hydrogen-bond donors (Lipinski definition) is 1. The van der Waals surface area contributed by atoms with Gasteiger partial charge in [-0.1, -0.05) is 0 Å². The van der Waals surface area contributed by atoms with Gasteiger partial charge in [0.15, 0.2) is 0 Å². The summed E-state index contributed by atoms with van der Waals surface area (Å²) in [6, 6.07) is 10.1. The molecule has 0 fully saturated rings. The topological polar surface area (TPSA) is 58.6 Å². The molecule has 1 N–H and O–H groups in total. The largest absolute Gasteiger partial charge is 0.492 e. The molecule has 0 saturated heterocycles. The van der Waals surface area contributed by atoms with Crippen molar-refractivity contribution in [3.05, 3.63) is 46.2 Å². The Morgan fingerprint density at radius 3 is 2.58 bits per heavy atom. The standard InChI is InChI=1S/C18H24N2O3S2.ClH/c1-13-12-18-17(8-11-24-18)14(2)20(13)9-10-23-16-6-4-15(5-7-16)19-25(3,21)22;/h4-8,11,13-14,19H,9-10,12H2,1-3H3;1H. The second-order valence-corrected chi connectivity index (χ2v) is 9.26. The van der Waals surface area contributed by atoms with Gasteiger partial charge in [0.1, 0.15) is 12.4 Å². The van der Waals surface area contributed by atoms with Gasteiger partial charge in [-0.2, -0.15) is 0 Å². The van der Waals surface area contributed by atoms with Gasteiger partial charge in [0, 0.05) is 29.2 Å². The van der Waals surface area contributed by atoms with Gasteiger partial charge in [-0.05, 0) is 61.5 Å². The van der Waals surface area contributed by atoms with E-state index in [1.54, 1.807) is 24.3 Å². The number of hydrogen-bond acceptors (Lipinski definition) is 5. The van der Waals surface area contributed by atoms with Crippen molar-refractivity contribution >= 4 is 39.5 Å². The Morgan fingerprint density at radius 2 is 1.92 bits per heavy atom. The number of nitrogens with one attached hydrogen (secondary N) is 1.